The predicted molar refractivity (Wildman–Crippen MR) is 76.4 cm³/mol. The minimum Gasteiger partial charge on any atom is -0.367 e. The van der Waals surface area contributed by atoms with Gasteiger partial charge in [0.15, 0.2) is 5.76 Å². The normalized spacial score (nSPS) is 16.8. The lowest BCUT2D eigenvalue weighted by Crippen LogP contribution is -2.39. The molecule has 0 unspecified atom stereocenters. The zero-order valence-corrected chi connectivity index (χ0v) is 11.3. The van der Waals surface area contributed by atoms with E-state index in [1.807, 2.05) is 24.3 Å². The van der Waals surface area contributed by atoms with Gasteiger partial charge < -0.3 is 15.2 Å². The molecule has 1 aromatic heterocycles. The second kappa shape index (κ2) is 5.23. The number of benzene rings is 1. The van der Waals surface area contributed by atoms with Crippen LogP contribution in [0.25, 0.3) is 11.3 Å². The molecular formula is C14H16ClN3O. The Morgan fingerprint density at radius 1 is 1.32 bits per heavy atom. The summed E-state index contributed by atoms with van der Waals surface area (Å²) in [6.07, 6.45) is 3.77. The first-order valence-electron chi connectivity index (χ1n) is 6.45. The molecule has 2 N–H and O–H groups in total. The van der Waals surface area contributed by atoms with Crippen molar-refractivity contribution in [2.75, 3.05) is 18.0 Å². The SMILES string of the molecule is NC1CCN(c2cnoc2-c2cccc(Cl)c2)CC1. The fourth-order valence-corrected chi connectivity index (χ4v) is 2.62. The number of halogens is 1. The van der Waals surface area contributed by atoms with Gasteiger partial charge in [-0.3, -0.25) is 0 Å². The van der Waals surface area contributed by atoms with E-state index in [1.165, 1.54) is 0 Å². The highest BCUT2D eigenvalue weighted by Crippen LogP contribution is 2.33. The maximum atomic E-state index is 6.03. The van der Waals surface area contributed by atoms with E-state index in [0.717, 1.165) is 42.9 Å². The summed E-state index contributed by atoms with van der Waals surface area (Å²) in [5, 5.41) is 4.63. The van der Waals surface area contributed by atoms with Gasteiger partial charge in [-0.05, 0) is 25.0 Å². The molecule has 0 amide bonds. The first-order valence-corrected chi connectivity index (χ1v) is 6.83. The number of aromatic nitrogens is 1. The summed E-state index contributed by atoms with van der Waals surface area (Å²) in [4.78, 5) is 2.27. The van der Waals surface area contributed by atoms with E-state index in [1.54, 1.807) is 6.20 Å². The Hall–Kier alpha value is -1.52. The van der Waals surface area contributed by atoms with Crippen LogP contribution in [0.4, 0.5) is 5.69 Å². The number of anilines is 1. The molecule has 0 radical (unpaired) electrons. The molecular weight excluding hydrogens is 262 g/mol. The van der Waals surface area contributed by atoms with Crippen LogP contribution >= 0.6 is 11.6 Å². The molecule has 5 heteroatoms. The van der Waals surface area contributed by atoms with Crippen LogP contribution in [0.2, 0.25) is 5.02 Å². The van der Waals surface area contributed by atoms with Gasteiger partial charge in [0.25, 0.3) is 0 Å². The van der Waals surface area contributed by atoms with Crippen LogP contribution in [0.1, 0.15) is 12.8 Å². The molecule has 0 saturated carbocycles. The minimum absolute atomic E-state index is 0.311. The highest BCUT2D eigenvalue weighted by Gasteiger charge is 2.21. The molecule has 1 aliphatic heterocycles. The lowest BCUT2D eigenvalue weighted by Gasteiger charge is -2.31. The maximum absolute atomic E-state index is 6.03. The van der Waals surface area contributed by atoms with Crippen molar-refractivity contribution in [3.8, 4) is 11.3 Å². The summed E-state index contributed by atoms with van der Waals surface area (Å²) in [5.74, 6) is 0.776. The van der Waals surface area contributed by atoms with E-state index in [4.69, 9.17) is 21.9 Å². The molecule has 1 saturated heterocycles. The van der Waals surface area contributed by atoms with Crippen LogP contribution in [-0.2, 0) is 0 Å². The fraction of sp³-hybridized carbons (Fsp3) is 0.357. The van der Waals surface area contributed by atoms with Crippen LogP contribution in [0.15, 0.2) is 35.0 Å². The highest BCUT2D eigenvalue weighted by atomic mass is 35.5. The largest absolute Gasteiger partial charge is 0.367 e. The Kier molecular flexibility index (Phi) is 3.44. The smallest absolute Gasteiger partial charge is 0.190 e. The van der Waals surface area contributed by atoms with Gasteiger partial charge in [-0.25, -0.2) is 0 Å². The first-order chi connectivity index (χ1) is 9.24. The van der Waals surface area contributed by atoms with Gasteiger partial charge in [0.2, 0.25) is 0 Å². The van der Waals surface area contributed by atoms with E-state index >= 15 is 0 Å². The van der Waals surface area contributed by atoms with Crippen LogP contribution < -0.4 is 10.6 Å². The number of nitrogens with zero attached hydrogens (tertiary/aromatic N) is 2. The van der Waals surface area contributed by atoms with Crippen molar-refractivity contribution in [3.63, 3.8) is 0 Å². The van der Waals surface area contributed by atoms with Gasteiger partial charge in [-0.1, -0.05) is 28.9 Å². The van der Waals surface area contributed by atoms with Crippen LogP contribution in [-0.4, -0.2) is 24.3 Å². The number of hydrogen-bond donors (Lipinski definition) is 1. The van der Waals surface area contributed by atoms with Gasteiger partial charge in [0.05, 0.1) is 6.20 Å². The number of rotatable bonds is 2. The Labute approximate surface area is 117 Å². The number of piperidine rings is 1. The van der Waals surface area contributed by atoms with E-state index in [9.17, 15) is 0 Å². The lowest BCUT2D eigenvalue weighted by atomic mass is 10.0. The van der Waals surface area contributed by atoms with Crippen LogP contribution in [0.3, 0.4) is 0 Å². The van der Waals surface area contributed by atoms with Crippen molar-refractivity contribution in [1.82, 2.24) is 5.16 Å². The molecule has 1 aromatic carbocycles. The quantitative estimate of drug-likeness (QED) is 0.917. The van der Waals surface area contributed by atoms with Crippen LogP contribution in [0, 0.1) is 0 Å². The zero-order chi connectivity index (χ0) is 13.2. The second-order valence-corrected chi connectivity index (χ2v) is 5.31. The Morgan fingerprint density at radius 3 is 2.84 bits per heavy atom. The topological polar surface area (TPSA) is 55.3 Å². The summed E-state index contributed by atoms with van der Waals surface area (Å²) in [6, 6.07) is 7.94. The monoisotopic (exact) mass is 277 g/mol. The molecule has 2 aromatic rings. The third-order valence-electron chi connectivity index (χ3n) is 3.52. The van der Waals surface area contributed by atoms with Gasteiger partial charge >= 0.3 is 0 Å². The molecule has 1 aliphatic rings. The maximum Gasteiger partial charge on any atom is 0.190 e. The standard InChI is InChI=1S/C14H16ClN3O/c15-11-3-1-2-10(8-11)14-13(9-17-19-14)18-6-4-12(16)5-7-18/h1-3,8-9,12H,4-7,16H2. The van der Waals surface area contributed by atoms with Crippen molar-refractivity contribution in [2.45, 2.75) is 18.9 Å². The third kappa shape index (κ3) is 2.60. The Morgan fingerprint density at radius 2 is 2.11 bits per heavy atom. The molecule has 3 rings (SSSR count). The molecule has 19 heavy (non-hydrogen) atoms. The van der Waals surface area contributed by atoms with Gasteiger partial charge in [0.1, 0.15) is 5.69 Å². The van der Waals surface area contributed by atoms with E-state index in [-0.39, 0.29) is 0 Å². The molecule has 0 spiro atoms. The summed E-state index contributed by atoms with van der Waals surface area (Å²) < 4.78 is 5.40. The molecule has 0 bridgehead atoms. The molecule has 100 valence electrons. The molecule has 4 nitrogen and oxygen atoms in total. The molecule has 0 aliphatic carbocycles. The van der Waals surface area contributed by atoms with Gasteiger partial charge in [-0.15, -0.1) is 0 Å². The molecule has 2 heterocycles. The predicted octanol–water partition coefficient (Wildman–Crippen LogP) is 2.92. The van der Waals surface area contributed by atoms with E-state index in [0.29, 0.717) is 11.1 Å². The number of nitrogens with two attached hydrogens (primary N) is 1. The van der Waals surface area contributed by atoms with Crippen molar-refractivity contribution in [3.05, 3.63) is 35.5 Å². The summed E-state index contributed by atoms with van der Waals surface area (Å²) in [6.45, 7) is 1.88. The average molecular weight is 278 g/mol. The van der Waals surface area contributed by atoms with Gasteiger partial charge in [-0.2, -0.15) is 0 Å². The average Bonchev–Trinajstić information content (AvgIpc) is 2.89. The highest BCUT2D eigenvalue weighted by molar-refractivity contribution is 6.30. The summed E-state index contributed by atoms with van der Waals surface area (Å²) in [7, 11) is 0. The van der Waals surface area contributed by atoms with Crippen molar-refractivity contribution >= 4 is 17.3 Å². The van der Waals surface area contributed by atoms with E-state index in [2.05, 4.69) is 10.1 Å². The van der Waals surface area contributed by atoms with Crippen molar-refractivity contribution < 1.29 is 4.52 Å². The van der Waals surface area contributed by atoms with Crippen LogP contribution in [0.5, 0.6) is 0 Å². The number of hydrogen-bond acceptors (Lipinski definition) is 4. The van der Waals surface area contributed by atoms with Crippen molar-refractivity contribution in [1.29, 1.82) is 0 Å². The lowest BCUT2D eigenvalue weighted by molar-refractivity contribution is 0.431. The minimum atomic E-state index is 0.311. The fourth-order valence-electron chi connectivity index (χ4n) is 2.43. The Bertz CT molecular complexity index is 561. The third-order valence-corrected chi connectivity index (χ3v) is 3.75. The summed E-state index contributed by atoms with van der Waals surface area (Å²) >= 11 is 6.03. The molecule has 1 fully saturated rings. The van der Waals surface area contributed by atoms with Gasteiger partial charge in [0, 0.05) is 29.7 Å². The second-order valence-electron chi connectivity index (χ2n) is 4.87. The van der Waals surface area contributed by atoms with E-state index < -0.39 is 0 Å². The molecule has 0 atom stereocenters. The zero-order valence-electron chi connectivity index (χ0n) is 10.6. The first kappa shape index (κ1) is 12.5. The Balaban J connectivity index is 1.90. The summed E-state index contributed by atoms with van der Waals surface area (Å²) in [5.41, 5.74) is 7.91. The van der Waals surface area contributed by atoms with Crippen molar-refractivity contribution in [2.24, 2.45) is 5.73 Å².